The second-order valence-corrected chi connectivity index (χ2v) is 7.07. The van der Waals surface area contributed by atoms with E-state index in [1.165, 1.54) is 0 Å². The zero-order chi connectivity index (χ0) is 20.2. The number of aromatic nitrogens is 3. The van der Waals surface area contributed by atoms with Crippen LogP contribution in [0.15, 0.2) is 72.9 Å². The molecule has 4 aromatic rings. The van der Waals surface area contributed by atoms with Crippen molar-refractivity contribution in [2.45, 2.75) is 13.1 Å². The lowest BCUT2D eigenvalue weighted by atomic mass is 10.2. The van der Waals surface area contributed by atoms with Gasteiger partial charge in [-0.3, -0.25) is 4.79 Å². The number of carbonyl (C=O) groups excluding carboxylic acids is 1. The van der Waals surface area contributed by atoms with E-state index in [0.717, 1.165) is 28.2 Å². The van der Waals surface area contributed by atoms with Crippen molar-refractivity contribution in [3.8, 4) is 0 Å². The average Bonchev–Trinajstić information content (AvgIpc) is 3.10. The maximum Gasteiger partial charge on any atom is 0.251 e. The summed E-state index contributed by atoms with van der Waals surface area (Å²) in [6, 6.07) is 21.5. The van der Waals surface area contributed by atoms with Crippen LogP contribution in [0.3, 0.4) is 0 Å². The van der Waals surface area contributed by atoms with E-state index in [9.17, 15) is 4.79 Å². The second-order valence-electron chi connectivity index (χ2n) is 7.07. The van der Waals surface area contributed by atoms with Crippen LogP contribution in [0.25, 0.3) is 11.2 Å². The molecule has 4 rings (SSSR count). The van der Waals surface area contributed by atoms with Gasteiger partial charge in [0.15, 0.2) is 5.65 Å². The molecule has 1 N–H and O–H groups in total. The number of carbonyl (C=O) groups is 1. The first-order valence-corrected chi connectivity index (χ1v) is 9.51. The molecule has 146 valence electrons. The van der Waals surface area contributed by atoms with Gasteiger partial charge in [-0.25, -0.2) is 9.97 Å². The number of anilines is 1. The molecule has 29 heavy (non-hydrogen) atoms. The maximum atomic E-state index is 12.7. The van der Waals surface area contributed by atoms with Crippen LogP contribution >= 0.6 is 0 Å². The summed E-state index contributed by atoms with van der Waals surface area (Å²) in [5, 5.41) is 3.00. The minimum Gasteiger partial charge on any atom is -0.378 e. The third kappa shape index (κ3) is 4.11. The molecule has 0 spiro atoms. The Morgan fingerprint density at radius 3 is 2.66 bits per heavy atom. The monoisotopic (exact) mass is 385 g/mol. The number of rotatable bonds is 6. The molecular formula is C23H23N5O. The van der Waals surface area contributed by atoms with Crippen LogP contribution in [0, 0.1) is 0 Å². The minimum atomic E-state index is -0.125. The quantitative estimate of drug-likeness (QED) is 0.552. The smallest absolute Gasteiger partial charge is 0.251 e. The van der Waals surface area contributed by atoms with Crippen molar-refractivity contribution in [3.05, 3.63) is 89.9 Å². The summed E-state index contributed by atoms with van der Waals surface area (Å²) in [5.41, 5.74) is 4.40. The molecule has 0 aliphatic heterocycles. The third-order valence-electron chi connectivity index (χ3n) is 4.80. The topological polar surface area (TPSA) is 63.1 Å². The number of nitrogens with one attached hydrogen (secondary N) is 1. The van der Waals surface area contributed by atoms with Gasteiger partial charge in [-0.05, 0) is 35.9 Å². The van der Waals surface area contributed by atoms with Gasteiger partial charge < -0.3 is 14.8 Å². The van der Waals surface area contributed by atoms with Gasteiger partial charge in [-0.1, -0.05) is 36.4 Å². The van der Waals surface area contributed by atoms with E-state index in [0.29, 0.717) is 18.7 Å². The van der Waals surface area contributed by atoms with Crippen LogP contribution in [0.5, 0.6) is 0 Å². The number of pyridine rings is 1. The lowest BCUT2D eigenvalue weighted by Crippen LogP contribution is -2.25. The summed E-state index contributed by atoms with van der Waals surface area (Å²) in [6.45, 7) is 0.976. The summed E-state index contributed by atoms with van der Waals surface area (Å²) >= 11 is 0. The lowest BCUT2D eigenvalue weighted by molar-refractivity contribution is 0.0949. The van der Waals surface area contributed by atoms with Crippen molar-refractivity contribution in [3.63, 3.8) is 0 Å². The number of amides is 1. The van der Waals surface area contributed by atoms with Gasteiger partial charge in [-0.2, -0.15) is 0 Å². The van der Waals surface area contributed by atoms with Crippen LogP contribution in [0.1, 0.15) is 21.7 Å². The van der Waals surface area contributed by atoms with Gasteiger partial charge in [0.1, 0.15) is 11.3 Å². The highest BCUT2D eigenvalue weighted by Gasteiger charge is 2.14. The molecule has 0 bridgehead atoms. The summed E-state index contributed by atoms with van der Waals surface area (Å²) in [7, 11) is 3.91. The molecular weight excluding hydrogens is 362 g/mol. The molecule has 6 heteroatoms. The Kier molecular flexibility index (Phi) is 5.24. The first-order valence-electron chi connectivity index (χ1n) is 9.51. The van der Waals surface area contributed by atoms with Gasteiger partial charge >= 0.3 is 0 Å². The molecule has 0 saturated carbocycles. The highest BCUT2D eigenvalue weighted by atomic mass is 16.1. The number of nitrogens with zero attached hydrogens (tertiary/aromatic N) is 4. The van der Waals surface area contributed by atoms with Gasteiger partial charge in [0, 0.05) is 31.5 Å². The molecule has 2 heterocycles. The van der Waals surface area contributed by atoms with Crippen molar-refractivity contribution < 1.29 is 4.79 Å². The number of hydrogen-bond donors (Lipinski definition) is 1. The molecule has 1 amide bonds. The Morgan fingerprint density at radius 1 is 1.03 bits per heavy atom. The molecule has 2 aromatic carbocycles. The fraction of sp³-hybridized carbons (Fsp3) is 0.174. The summed E-state index contributed by atoms with van der Waals surface area (Å²) in [5.74, 6) is 0.652. The van der Waals surface area contributed by atoms with E-state index in [-0.39, 0.29) is 5.91 Å². The Labute approximate surface area is 169 Å². The molecule has 2 aromatic heterocycles. The van der Waals surface area contributed by atoms with E-state index in [1.54, 1.807) is 6.20 Å². The molecule has 6 nitrogen and oxygen atoms in total. The van der Waals surface area contributed by atoms with Crippen molar-refractivity contribution >= 4 is 22.8 Å². The number of imidazole rings is 1. The minimum absolute atomic E-state index is 0.125. The zero-order valence-electron chi connectivity index (χ0n) is 16.5. The normalized spacial score (nSPS) is 10.8. The second kappa shape index (κ2) is 8.14. The molecule has 0 unspecified atom stereocenters. The predicted octanol–water partition coefficient (Wildman–Crippen LogP) is 3.48. The molecule has 0 aliphatic carbocycles. The largest absolute Gasteiger partial charge is 0.378 e. The summed E-state index contributed by atoms with van der Waals surface area (Å²) < 4.78 is 2.06. The predicted molar refractivity (Wildman–Crippen MR) is 115 cm³/mol. The van der Waals surface area contributed by atoms with Gasteiger partial charge in [0.2, 0.25) is 0 Å². The van der Waals surface area contributed by atoms with Crippen LogP contribution in [-0.2, 0) is 13.1 Å². The van der Waals surface area contributed by atoms with Crippen LogP contribution in [0.2, 0.25) is 0 Å². The summed E-state index contributed by atoms with van der Waals surface area (Å²) in [6.07, 6.45) is 1.76. The van der Waals surface area contributed by atoms with Gasteiger partial charge in [0.05, 0.1) is 13.1 Å². The van der Waals surface area contributed by atoms with E-state index < -0.39 is 0 Å². The van der Waals surface area contributed by atoms with E-state index >= 15 is 0 Å². The molecule has 0 atom stereocenters. The number of hydrogen-bond acceptors (Lipinski definition) is 4. The Morgan fingerprint density at radius 2 is 1.86 bits per heavy atom. The Hall–Kier alpha value is -3.67. The van der Waals surface area contributed by atoms with Crippen LogP contribution in [-0.4, -0.2) is 34.5 Å². The maximum absolute atomic E-state index is 12.7. The van der Waals surface area contributed by atoms with Crippen molar-refractivity contribution in [2.24, 2.45) is 0 Å². The highest BCUT2D eigenvalue weighted by molar-refractivity contribution is 5.95. The van der Waals surface area contributed by atoms with Crippen molar-refractivity contribution in [1.29, 1.82) is 0 Å². The van der Waals surface area contributed by atoms with Crippen LogP contribution in [0.4, 0.5) is 5.69 Å². The van der Waals surface area contributed by atoms with Gasteiger partial charge in [-0.15, -0.1) is 0 Å². The van der Waals surface area contributed by atoms with E-state index in [4.69, 9.17) is 4.98 Å². The molecule has 0 aliphatic rings. The molecule has 0 fully saturated rings. The van der Waals surface area contributed by atoms with E-state index in [2.05, 4.69) is 27.0 Å². The lowest BCUT2D eigenvalue weighted by Gasteiger charge is -2.14. The van der Waals surface area contributed by atoms with Crippen LogP contribution < -0.4 is 10.2 Å². The van der Waals surface area contributed by atoms with Crippen molar-refractivity contribution in [1.82, 2.24) is 19.9 Å². The molecule has 0 saturated heterocycles. The average molecular weight is 385 g/mol. The number of fused-ring (bicyclic) bond motifs is 1. The van der Waals surface area contributed by atoms with Crippen molar-refractivity contribution in [2.75, 3.05) is 19.0 Å². The standard InChI is InChI=1S/C23H23N5O/c1-27(2)19-11-6-10-18(14-19)23(29)25-15-21-26-20-12-7-13-24-22(20)28(21)16-17-8-4-3-5-9-17/h3-14H,15-16H2,1-2H3,(H,25,29). The fourth-order valence-corrected chi connectivity index (χ4v) is 3.26. The van der Waals surface area contributed by atoms with Gasteiger partial charge in [0.25, 0.3) is 5.91 Å². The Bertz CT molecular complexity index is 1130. The SMILES string of the molecule is CN(C)c1cccc(C(=O)NCc2nc3cccnc3n2Cc2ccccc2)c1. The first kappa shape index (κ1) is 18.7. The first-order chi connectivity index (χ1) is 14.1. The van der Waals surface area contributed by atoms with E-state index in [1.807, 2.05) is 73.6 Å². The Balaban J connectivity index is 1.58. The zero-order valence-corrected chi connectivity index (χ0v) is 16.5. The molecule has 0 radical (unpaired) electrons. The summed E-state index contributed by atoms with van der Waals surface area (Å²) in [4.78, 5) is 23.9. The fourth-order valence-electron chi connectivity index (χ4n) is 3.26. The number of benzene rings is 2. The highest BCUT2D eigenvalue weighted by Crippen LogP contribution is 2.17. The third-order valence-corrected chi connectivity index (χ3v) is 4.80.